The van der Waals surface area contributed by atoms with Gasteiger partial charge in [0.1, 0.15) is 0 Å². The van der Waals surface area contributed by atoms with Gasteiger partial charge in [-0.2, -0.15) is 0 Å². The minimum Gasteiger partial charge on any atom is -0.330 e. The highest BCUT2D eigenvalue weighted by atomic mass is 32.1. The molecule has 1 fully saturated rings. The molecule has 1 aromatic heterocycles. The normalized spacial score (nSPS) is 19.7. The lowest BCUT2D eigenvalue weighted by Crippen LogP contribution is -2.39. The minimum atomic E-state index is 0.342. The molecular formula is C14H25N3S. The Hall–Kier alpha value is -0.450. The zero-order valence-electron chi connectivity index (χ0n) is 11.4. The van der Waals surface area contributed by atoms with Gasteiger partial charge in [-0.3, -0.25) is 0 Å². The molecule has 0 unspecified atom stereocenters. The monoisotopic (exact) mass is 267 g/mol. The maximum Gasteiger partial charge on any atom is 0.0798 e. The van der Waals surface area contributed by atoms with Crippen LogP contribution in [0.4, 0.5) is 0 Å². The number of aromatic nitrogens is 1. The zero-order chi connectivity index (χ0) is 12.8. The highest BCUT2D eigenvalue weighted by Crippen LogP contribution is 2.33. The van der Waals surface area contributed by atoms with E-state index >= 15 is 0 Å². The van der Waals surface area contributed by atoms with Crippen molar-refractivity contribution in [2.75, 3.05) is 13.1 Å². The SMILES string of the molecule is Cc1ncsc1CNCC1(CN)CCCCCC1. The Morgan fingerprint density at radius 3 is 2.61 bits per heavy atom. The van der Waals surface area contributed by atoms with Crippen LogP contribution in [0.2, 0.25) is 0 Å². The van der Waals surface area contributed by atoms with Crippen LogP contribution in [-0.4, -0.2) is 18.1 Å². The molecule has 1 saturated carbocycles. The Morgan fingerprint density at radius 2 is 2.06 bits per heavy atom. The molecule has 0 saturated heterocycles. The first kappa shape index (κ1) is 14.0. The van der Waals surface area contributed by atoms with E-state index in [1.54, 1.807) is 11.3 Å². The topological polar surface area (TPSA) is 50.9 Å². The van der Waals surface area contributed by atoms with Gasteiger partial charge in [0.05, 0.1) is 11.2 Å². The summed E-state index contributed by atoms with van der Waals surface area (Å²) in [6, 6.07) is 0. The maximum absolute atomic E-state index is 6.05. The number of rotatable bonds is 5. The van der Waals surface area contributed by atoms with Crippen molar-refractivity contribution in [1.82, 2.24) is 10.3 Å². The van der Waals surface area contributed by atoms with Crippen molar-refractivity contribution in [3.8, 4) is 0 Å². The molecule has 1 heterocycles. The van der Waals surface area contributed by atoms with Crippen molar-refractivity contribution < 1.29 is 0 Å². The van der Waals surface area contributed by atoms with Crippen molar-refractivity contribution in [3.63, 3.8) is 0 Å². The summed E-state index contributed by atoms with van der Waals surface area (Å²) in [6.45, 7) is 4.90. The Morgan fingerprint density at radius 1 is 1.33 bits per heavy atom. The predicted molar refractivity (Wildman–Crippen MR) is 77.7 cm³/mol. The number of nitrogens with one attached hydrogen (secondary N) is 1. The van der Waals surface area contributed by atoms with E-state index in [2.05, 4.69) is 17.2 Å². The molecular weight excluding hydrogens is 242 g/mol. The first-order valence-electron chi connectivity index (χ1n) is 7.05. The average molecular weight is 267 g/mol. The Bertz CT molecular complexity index is 354. The largest absolute Gasteiger partial charge is 0.330 e. The van der Waals surface area contributed by atoms with E-state index in [1.165, 1.54) is 43.4 Å². The molecule has 0 radical (unpaired) electrons. The van der Waals surface area contributed by atoms with Crippen LogP contribution >= 0.6 is 11.3 Å². The molecule has 0 spiro atoms. The fraction of sp³-hybridized carbons (Fsp3) is 0.786. The van der Waals surface area contributed by atoms with Crippen molar-refractivity contribution in [1.29, 1.82) is 0 Å². The van der Waals surface area contributed by atoms with Crippen molar-refractivity contribution in [2.45, 2.75) is 52.0 Å². The molecule has 1 aromatic rings. The van der Waals surface area contributed by atoms with Gasteiger partial charge in [-0.25, -0.2) is 4.98 Å². The highest BCUT2D eigenvalue weighted by molar-refractivity contribution is 7.09. The highest BCUT2D eigenvalue weighted by Gasteiger charge is 2.28. The summed E-state index contributed by atoms with van der Waals surface area (Å²) in [5, 5.41) is 3.61. The van der Waals surface area contributed by atoms with E-state index in [-0.39, 0.29) is 0 Å². The smallest absolute Gasteiger partial charge is 0.0798 e. The Kier molecular flexibility index (Phi) is 5.15. The van der Waals surface area contributed by atoms with Gasteiger partial charge in [0, 0.05) is 18.0 Å². The Balaban J connectivity index is 1.84. The van der Waals surface area contributed by atoms with Crippen LogP contribution in [0.5, 0.6) is 0 Å². The van der Waals surface area contributed by atoms with Crippen LogP contribution in [0.1, 0.15) is 49.1 Å². The van der Waals surface area contributed by atoms with Gasteiger partial charge in [0.25, 0.3) is 0 Å². The van der Waals surface area contributed by atoms with Crippen molar-refractivity contribution in [3.05, 3.63) is 16.1 Å². The third kappa shape index (κ3) is 3.53. The summed E-state index contributed by atoms with van der Waals surface area (Å²) < 4.78 is 0. The molecule has 0 amide bonds. The van der Waals surface area contributed by atoms with Gasteiger partial charge in [-0.1, -0.05) is 25.7 Å². The molecule has 0 aliphatic heterocycles. The quantitative estimate of drug-likeness (QED) is 0.807. The predicted octanol–water partition coefficient (Wildman–Crippen LogP) is 2.84. The number of hydrogen-bond acceptors (Lipinski definition) is 4. The molecule has 0 bridgehead atoms. The van der Waals surface area contributed by atoms with E-state index in [4.69, 9.17) is 5.73 Å². The van der Waals surface area contributed by atoms with Crippen LogP contribution in [0.3, 0.4) is 0 Å². The van der Waals surface area contributed by atoms with Gasteiger partial charge in [0.15, 0.2) is 0 Å². The lowest BCUT2D eigenvalue weighted by Gasteiger charge is -2.31. The lowest BCUT2D eigenvalue weighted by molar-refractivity contribution is 0.242. The second kappa shape index (κ2) is 6.64. The van der Waals surface area contributed by atoms with Gasteiger partial charge in [-0.05, 0) is 31.7 Å². The van der Waals surface area contributed by atoms with E-state index in [0.29, 0.717) is 5.41 Å². The van der Waals surface area contributed by atoms with Gasteiger partial charge < -0.3 is 11.1 Å². The van der Waals surface area contributed by atoms with Crippen molar-refractivity contribution in [2.24, 2.45) is 11.1 Å². The third-order valence-corrected chi connectivity index (χ3v) is 5.16. The molecule has 0 atom stereocenters. The summed E-state index contributed by atoms with van der Waals surface area (Å²) in [7, 11) is 0. The second-order valence-electron chi connectivity index (χ2n) is 5.58. The molecule has 4 heteroatoms. The fourth-order valence-corrected chi connectivity index (χ4v) is 3.62. The molecule has 1 aliphatic rings. The molecule has 0 aromatic carbocycles. The van der Waals surface area contributed by atoms with Gasteiger partial charge >= 0.3 is 0 Å². The maximum atomic E-state index is 6.05. The van der Waals surface area contributed by atoms with Crippen LogP contribution in [0.15, 0.2) is 5.51 Å². The standard InChI is InChI=1S/C14H25N3S/c1-12-13(18-11-17-12)8-16-10-14(9-15)6-4-2-3-5-7-14/h11,16H,2-10,15H2,1H3. The number of aryl methyl sites for hydroxylation is 1. The number of thiazole rings is 1. The van der Waals surface area contributed by atoms with Crippen LogP contribution in [0.25, 0.3) is 0 Å². The summed E-state index contributed by atoms with van der Waals surface area (Å²) in [6.07, 6.45) is 8.04. The summed E-state index contributed by atoms with van der Waals surface area (Å²) in [4.78, 5) is 5.65. The number of nitrogens with zero attached hydrogens (tertiary/aromatic N) is 1. The molecule has 1 aliphatic carbocycles. The molecule has 3 N–H and O–H groups in total. The van der Waals surface area contributed by atoms with E-state index < -0.39 is 0 Å². The van der Waals surface area contributed by atoms with Crippen LogP contribution < -0.4 is 11.1 Å². The lowest BCUT2D eigenvalue weighted by atomic mass is 9.80. The van der Waals surface area contributed by atoms with Crippen molar-refractivity contribution >= 4 is 11.3 Å². The first-order chi connectivity index (χ1) is 8.76. The van der Waals surface area contributed by atoms with E-state index in [0.717, 1.165) is 25.3 Å². The molecule has 102 valence electrons. The molecule has 2 rings (SSSR count). The molecule has 18 heavy (non-hydrogen) atoms. The molecule has 3 nitrogen and oxygen atoms in total. The summed E-state index contributed by atoms with van der Waals surface area (Å²) in [5.74, 6) is 0. The van der Waals surface area contributed by atoms with Crippen LogP contribution in [0, 0.1) is 12.3 Å². The average Bonchev–Trinajstić information content (AvgIpc) is 2.66. The second-order valence-corrected chi connectivity index (χ2v) is 6.52. The number of hydrogen-bond donors (Lipinski definition) is 2. The summed E-state index contributed by atoms with van der Waals surface area (Å²) in [5.41, 5.74) is 9.48. The number of nitrogens with two attached hydrogens (primary N) is 1. The summed E-state index contributed by atoms with van der Waals surface area (Å²) >= 11 is 1.74. The minimum absolute atomic E-state index is 0.342. The fourth-order valence-electron chi connectivity index (χ4n) is 2.87. The third-order valence-electron chi connectivity index (χ3n) is 4.23. The van der Waals surface area contributed by atoms with E-state index in [1.807, 2.05) is 5.51 Å². The Labute approximate surface area is 114 Å². The first-order valence-corrected chi connectivity index (χ1v) is 7.93. The zero-order valence-corrected chi connectivity index (χ0v) is 12.2. The van der Waals surface area contributed by atoms with Gasteiger partial charge in [-0.15, -0.1) is 11.3 Å². The van der Waals surface area contributed by atoms with Gasteiger partial charge in [0.2, 0.25) is 0 Å². The van der Waals surface area contributed by atoms with E-state index in [9.17, 15) is 0 Å². The van der Waals surface area contributed by atoms with Crippen LogP contribution in [-0.2, 0) is 6.54 Å².